The molecule has 20 heavy (non-hydrogen) atoms. The van der Waals surface area contributed by atoms with Crippen molar-refractivity contribution in [3.63, 3.8) is 0 Å². The lowest BCUT2D eigenvalue weighted by Crippen LogP contribution is -2.27. The van der Waals surface area contributed by atoms with Gasteiger partial charge in [-0.25, -0.2) is 0 Å². The van der Waals surface area contributed by atoms with Crippen LogP contribution in [0.25, 0.3) is 0 Å². The zero-order valence-electron chi connectivity index (χ0n) is 13.4. The van der Waals surface area contributed by atoms with E-state index in [1.54, 1.807) is 0 Å². The van der Waals surface area contributed by atoms with Crippen molar-refractivity contribution in [2.45, 2.75) is 40.2 Å². The fraction of sp³-hybridized carbons (Fsp3) is 0.688. The van der Waals surface area contributed by atoms with Crippen LogP contribution in [0.3, 0.4) is 0 Å². The van der Waals surface area contributed by atoms with Crippen molar-refractivity contribution in [2.24, 2.45) is 0 Å². The summed E-state index contributed by atoms with van der Waals surface area (Å²) in [6, 6.07) is 4.34. The molecule has 0 aliphatic heterocycles. The number of rotatable bonds is 10. The number of hydrogen-bond donors (Lipinski definition) is 1. The Balaban J connectivity index is 2.38. The molecule has 0 bridgehead atoms. The molecule has 4 heteroatoms. The summed E-state index contributed by atoms with van der Waals surface area (Å²) in [6.07, 6.45) is 2.96. The average molecular weight is 279 g/mol. The van der Waals surface area contributed by atoms with Crippen LogP contribution in [0.15, 0.2) is 18.3 Å². The topological polar surface area (TPSA) is 37.4 Å². The minimum absolute atomic E-state index is 0.291. The highest BCUT2D eigenvalue weighted by atomic mass is 16.5. The third kappa shape index (κ3) is 5.88. The van der Waals surface area contributed by atoms with Crippen molar-refractivity contribution in [2.75, 3.05) is 32.8 Å². The molecule has 0 saturated carbocycles. The number of hydrogen-bond acceptors (Lipinski definition) is 4. The van der Waals surface area contributed by atoms with Crippen LogP contribution in [0.5, 0.6) is 5.75 Å². The monoisotopic (exact) mass is 279 g/mol. The third-order valence-electron chi connectivity index (χ3n) is 3.47. The van der Waals surface area contributed by atoms with E-state index >= 15 is 0 Å². The molecule has 1 rings (SSSR count). The maximum absolute atomic E-state index is 5.73. The van der Waals surface area contributed by atoms with E-state index in [0.717, 1.165) is 44.0 Å². The van der Waals surface area contributed by atoms with Gasteiger partial charge in [0, 0.05) is 12.6 Å². The lowest BCUT2D eigenvalue weighted by Gasteiger charge is -2.18. The van der Waals surface area contributed by atoms with Gasteiger partial charge in [-0.15, -0.1) is 0 Å². The third-order valence-corrected chi connectivity index (χ3v) is 3.47. The molecule has 0 aromatic carbocycles. The molecule has 1 unspecified atom stereocenters. The largest absolute Gasteiger partial charge is 0.491 e. The van der Waals surface area contributed by atoms with Crippen molar-refractivity contribution in [1.29, 1.82) is 0 Å². The Morgan fingerprint density at radius 1 is 1.25 bits per heavy atom. The molecule has 0 fully saturated rings. The van der Waals surface area contributed by atoms with Crippen molar-refractivity contribution in [3.05, 3.63) is 24.0 Å². The second-order valence-electron chi connectivity index (χ2n) is 4.97. The van der Waals surface area contributed by atoms with Gasteiger partial charge in [0.2, 0.25) is 0 Å². The molecular formula is C16H29N3O. The van der Waals surface area contributed by atoms with E-state index in [4.69, 9.17) is 4.74 Å². The molecule has 1 heterocycles. The quantitative estimate of drug-likeness (QED) is 0.714. The number of nitrogens with one attached hydrogen (secondary N) is 1. The van der Waals surface area contributed by atoms with Crippen LogP contribution >= 0.6 is 0 Å². The van der Waals surface area contributed by atoms with Crippen LogP contribution in [-0.2, 0) is 0 Å². The molecule has 1 aromatic heterocycles. The van der Waals surface area contributed by atoms with Gasteiger partial charge in [-0.05, 0) is 45.1 Å². The molecule has 0 radical (unpaired) electrons. The minimum Gasteiger partial charge on any atom is -0.491 e. The van der Waals surface area contributed by atoms with Gasteiger partial charge in [0.15, 0.2) is 0 Å². The molecule has 1 N–H and O–H groups in total. The molecule has 4 nitrogen and oxygen atoms in total. The Kier molecular flexibility index (Phi) is 8.23. The molecule has 0 spiro atoms. The van der Waals surface area contributed by atoms with Gasteiger partial charge < -0.3 is 15.0 Å². The number of likely N-dealkylation sites (N-methyl/N-ethyl adjacent to an activating group) is 1. The van der Waals surface area contributed by atoms with Crippen LogP contribution in [0.1, 0.15) is 45.9 Å². The highest BCUT2D eigenvalue weighted by Gasteiger charge is 2.06. The van der Waals surface area contributed by atoms with Crippen molar-refractivity contribution >= 4 is 0 Å². The molecule has 1 aromatic rings. The summed E-state index contributed by atoms with van der Waals surface area (Å²) in [5, 5.41) is 3.43. The predicted octanol–water partition coefficient (Wildman–Crippen LogP) is 2.86. The second-order valence-corrected chi connectivity index (χ2v) is 4.97. The standard InChI is InChI=1S/C16H29N3O/c1-5-10-17-14(4)16-9-8-15(13-18-16)20-12-11-19(6-2)7-3/h8-9,13-14,17H,5-7,10-12H2,1-4H3. The van der Waals surface area contributed by atoms with Gasteiger partial charge >= 0.3 is 0 Å². The molecule has 114 valence electrons. The van der Waals surface area contributed by atoms with E-state index in [1.807, 2.05) is 18.3 Å². The number of nitrogens with zero attached hydrogens (tertiary/aromatic N) is 2. The lowest BCUT2D eigenvalue weighted by molar-refractivity contribution is 0.222. The van der Waals surface area contributed by atoms with E-state index in [2.05, 4.69) is 42.9 Å². The molecule has 0 aliphatic carbocycles. The highest BCUT2D eigenvalue weighted by Crippen LogP contribution is 2.14. The Labute approximate surface area is 123 Å². The SMILES string of the molecule is CCCNC(C)c1ccc(OCCN(CC)CC)cn1. The molecule has 0 aliphatic rings. The van der Waals surface area contributed by atoms with Crippen LogP contribution in [0.2, 0.25) is 0 Å². The molecule has 0 saturated heterocycles. The minimum atomic E-state index is 0.291. The first-order chi connectivity index (χ1) is 9.71. The predicted molar refractivity (Wildman–Crippen MR) is 84.2 cm³/mol. The van der Waals surface area contributed by atoms with E-state index in [1.165, 1.54) is 0 Å². The summed E-state index contributed by atoms with van der Waals surface area (Å²) in [7, 11) is 0. The zero-order chi connectivity index (χ0) is 14.8. The number of aromatic nitrogens is 1. The van der Waals surface area contributed by atoms with Crippen molar-refractivity contribution in [1.82, 2.24) is 15.2 Å². The molecule has 0 amide bonds. The van der Waals surface area contributed by atoms with E-state index in [-0.39, 0.29) is 0 Å². The van der Waals surface area contributed by atoms with Gasteiger partial charge in [0.1, 0.15) is 12.4 Å². The molecular weight excluding hydrogens is 250 g/mol. The lowest BCUT2D eigenvalue weighted by atomic mass is 10.2. The summed E-state index contributed by atoms with van der Waals surface area (Å²) in [5.41, 5.74) is 1.06. The van der Waals surface area contributed by atoms with Gasteiger partial charge in [-0.3, -0.25) is 4.98 Å². The average Bonchev–Trinajstić information content (AvgIpc) is 2.50. The van der Waals surface area contributed by atoms with Crippen molar-refractivity contribution < 1.29 is 4.74 Å². The van der Waals surface area contributed by atoms with Crippen molar-refractivity contribution in [3.8, 4) is 5.75 Å². The normalized spacial score (nSPS) is 12.7. The summed E-state index contributed by atoms with van der Waals surface area (Å²) >= 11 is 0. The number of ether oxygens (including phenoxy) is 1. The maximum atomic E-state index is 5.73. The van der Waals surface area contributed by atoms with E-state index < -0.39 is 0 Å². The summed E-state index contributed by atoms with van der Waals surface area (Å²) in [4.78, 5) is 6.81. The Morgan fingerprint density at radius 3 is 2.55 bits per heavy atom. The van der Waals surface area contributed by atoms with Gasteiger partial charge in [0.25, 0.3) is 0 Å². The maximum Gasteiger partial charge on any atom is 0.137 e. The summed E-state index contributed by atoms with van der Waals surface area (Å²) < 4.78 is 5.73. The first kappa shape index (κ1) is 16.9. The van der Waals surface area contributed by atoms with Gasteiger partial charge in [0.05, 0.1) is 11.9 Å². The Hall–Kier alpha value is -1.13. The molecule has 1 atom stereocenters. The zero-order valence-corrected chi connectivity index (χ0v) is 13.4. The smallest absolute Gasteiger partial charge is 0.137 e. The first-order valence-electron chi connectivity index (χ1n) is 7.75. The van der Waals surface area contributed by atoms with Crippen LogP contribution in [-0.4, -0.2) is 42.7 Å². The number of pyridine rings is 1. The summed E-state index contributed by atoms with van der Waals surface area (Å²) in [6.45, 7) is 13.5. The van der Waals surface area contributed by atoms with Gasteiger partial charge in [-0.2, -0.15) is 0 Å². The van der Waals surface area contributed by atoms with E-state index in [9.17, 15) is 0 Å². The van der Waals surface area contributed by atoms with Crippen LogP contribution < -0.4 is 10.1 Å². The highest BCUT2D eigenvalue weighted by molar-refractivity contribution is 5.21. The Morgan fingerprint density at radius 2 is 2.00 bits per heavy atom. The second kappa shape index (κ2) is 9.72. The summed E-state index contributed by atoms with van der Waals surface area (Å²) in [5.74, 6) is 0.851. The van der Waals surface area contributed by atoms with Crippen LogP contribution in [0, 0.1) is 0 Å². The Bertz CT molecular complexity index is 349. The fourth-order valence-electron chi connectivity index (χ4n) is 2.03. The van der Waals surface area contributed by atoms with Gasteiger partial charge in [-0.1, -0.05) is 20.8 Å². The van der Waals surface area contributed by atoms with E-state index in [0.29, 0.717) is 12.6 Å². The fourth-order valence-corrected chi connectivity index (χ4v) is 2.03. The van der Waals surface area contributed by atoms with Crippen LogP contribution in [0.4, 0.5) is 0 Å². The first-order valence-corrected chi connectivity index (χ1v) is 7.75.